The molecule has 0 atom stereocenters. The van der Waals surface area contributed by atoms with Gasteiger partial charge in [-0.05, 0) is 203 Å². The van der Waals surface area contributed by atoms with E-state index in [-0.39, 0.29) is 0 Å². The lowest BCUT2D eigenvalue weighted by Crippen LogP contribution is -2.04. The first-order valence-corrected chi connectivity index (χ1v) is 14.3. The Morgan fingerprint density at radius 2 is 0.579 bits per heavy atom. The molecule has 0 N–H and O–H groups in total. The minimum atomic E-state index is 1.06. The first kappa shape index (κ1) is 23.7. The first-order valence-electron chi connectivity index (χ1n) is 14.3. The third-order valence-corrected chi connectivity index (χ3v) is 10.8. The van der Waals surface area contributed by atoms with Crippen LogP contribution in [-0.2, 0) is 12.8 Å². The molecular weight excluding hydrogens is 456 g/mol. The van der Waals surface area contributed by atoms with Crippen LogP contribution in [0.3, 0.4) is 0 Å². The van der Waals surface area contributed by atoms with Crippen LogP contribution in [0.1, 0.15) is 77.9 Å². The van der Waals surface area contributed by atoms with Crippen molar-refractivity contribution in [1.29, 1.82) is 0 Å². The first-order chi connectivity index (χ1) is 18.1. The minimum absolute atomic E-state index is 1.06. The van der Waals surface area contributed by atoms with Crippen molar-refractivity contribution in [3.05, 3.63) is 90.0 Å². The third-order valence-electron chi connectivity index (χ3n) is 10.8. The second-order valence-electron chi connectivity index (χ2n) is 12.2. The van der Waals surface area contributed by atoms with E-state index in [9.17, 15) is 0 Å². The van der Waals surface area contributed by atoms with E-state index >= 15 is 0 Å². The summed E-state index contributed by atoms with van der Waals surface area (Å²) in [5.74, 6) is 0. The fourth-order valence-electron chi connectivity index (χ4n) is 8.43. The summed E-state index contributed by atoms with van der Waals surface area (Å²) in [6, 6.07) is 0. The van der Waals surface area contributed by atoms with Crippen LogP contribution < -0.4 is 0 Å². The summed E-state index contributed by atoms with van der Waals surface area (Å²) >= 11 is 0. The lowest BCUT2D eigenvalue weighted by Gasteiger charge is -2.27. The monoisotopic (exact) mass is 494 g/mol. The number of hydrogen-bond donors (Lipinski definition) is 0. The Morgan fingerprint density at radius 3 is 0.895 bits per heavy atom. The van der Waals surface area contributed by atoms with Gasteiger partial charge in [0.05, 0.1) is 0 Å². The molecule has 0 amide bonds. The maximum absolute atomic E-state index is 2.39. The van der Waals surface area contributed by atoms with Gasteiger partial charge in [-0.25, -0.2) is 0 Å². The Hall–Kier alpha value is -3.38. The molecule has 0 nitrogen and oxygen atoms in total. The number of aryl methyl sites for hydroxylation is 10. The van der Waals surface area contributed by atoms with Crippen molar-refractivity contribution in [2.24, 2.45) is 0 Å². The van der Waals surface area contributed by atoms with Crippen molar-refractivity contribution in [2.75, 3.05) is 0 Å². The van der Waals surface area contributed by atoms with E-state index in [1.54, 1.807) is 0 Å². The SMILES string of the molecule is Cc1c2c(c(C)c3c1c(C)c(C)c1c3c(C)c(C)c3c4c(C)c5c(c(C)c4c(C)c(C)c31)CC=C5)C=CC2. The van der Waals surface area contributed by atoms with Gasteiger partial charge in [0.25, 0.3) is 0 Å². The Balaban J connectivity index is 1.86. The predicted molar refractivity (Wildman–Crippen MR) is 169 cm³/mol. The second kappa shape index (κ2) is 7.60. The highest BCUT2D eigenvalue weighted by Gasteiger charge is 2.27. The van der Waals surface area contributed by atoms with E-state index < -0.39 is 0 Å². The van der Waals surface area contributed by atoms with Crippen LogP contribution in [0.4, 0.5) is 0 Å². The number of benzene rings is 5. The molecule has 0 fully saturated rings. The van der Waals surface area contributed by atoms with Crippen LogP contribution in [0.5, 0.6) is 0 Å². The smallest absolute Gasteiger partial charge is 0.00610 e. The zero-order valence-electron chi connectivity index (χ0n) is 24.7. The lowest BCUT2D eigenvalue weighted by molar-refractivity contribution is 1.24. The average Bonchev–Trinajstić information content (AvgIpc) is 3.58. The molecule has 190 valence electrons. The third kappa shape index (κ3) is 2.57. The van der Waals surface area contributed by atoms with Crippen molar-refractivity contribution in [1.82, 2.24) is 0 Å². The van der Waals surface area contributed by atoms with E-state index in [2.05, 4.69) is 93.5 Å². The zero-order chi connectivity index (χ0) is 26.9. The number of fused-ring (bicyclic) bond motifs is 9. The second-order valence-corrected chi connectivity index (χ2v) is 12.2. The predicted octanol–water partition coefficient (Wildman–Crippen LogP) is 10.5. The fourth-order valence-corrected chi connectivity index (χ4v) is 8.43. The Kier molecular flexibility index (Phi) is 4.74. The maximum Gasteiger partial charge on any atom is -0.00610 e. The number of hydrogen-bond acceptors (Lipinski definition) is 0. The van der Waals surface area contributed by atoms with Gasteiger partial charge in [-0.2, -0.15) is 0 Å². The van der Waals surface area contributed by atoms with Gasteiger partial charge in [-0.15, -0.1) is 0 Å². The van der Waals surface area contributed by atoms with Crippen molar-refractivity contribution in [3.8, 4) is 0 Å². The van der Waals surface area contributed by atoms with E-state index in [0.717, 1.165) is 12.8 Å². The molecule has 0 aromatic heterocycles. The number of rotatable bonds is 0. The number of allylic oxidation sites excluding steroid dienone is 2. The molecule has 0 spiro atoms. The topological polar surface area (TPSA) is 0 Å². The summed E-state index contributed by atoms with van der Waals surface area (Å²) in [5.41, 5.74) is 20.5. The quantitative estimate of drug-likeness (QED) is 0.188. The molecule has 0 saturated carbocycles. The van der Waals surface area contributed by atoms with Gasteiger partial charge in [0.15, 0.2) is 0 Å². The highest BCUT2D eigenvalue weighted by atomic mass is 14.3. The molecule has 7 rings (SSSR count). The van der Waals surface area contributed by atoms with Crippen LogP contribution in [-0.4, -0.2) is 0 Å². The molecule has 5 aromatic rings. The molecule has 0 unspecified atom stereocenters. The summed E-state index contributed by atoms with van der Waals surface area (Å²) in [5, 5.41) is 11.9. The van der Waals surface area contributed by atoms with E-state index in [1.165, 1.54) is 121 Å². The molecule has 2 aliphatic rings. The summed E-state index contributed by atoms with van der Waals surface area (Å²) in [7, 11) is 0. The van der Waals surface area contributed by atoms with Crippen molar-refractivity contribution in [2.45, 2.75) is 82.1 Å². The standard InChI is InChI=1S/C38H38/c1-17-19(3)33-34-20(4)18(2)32-24(8)28-14-12-16-30(28)26(10)38(32)36(34)22(6)21(5)35(33)37-25(9)29-15-11-13-27(29)23(7)31(17)37/h11-12,15-16H,13-14H2,1-10H3. The molecule has 0 heterocycles. The summed E-state index contributed by atoms with van der Waals surface area (Å²) in [6.45, 7) is 23.7. The maximum atomic E-state index is 2.39. The van der Waals surface area contributed by atoms with Gasteiger partial charge in [0.2, 0.25) is 0 Å². The van der Waals surface area contributed by atoms with Gasteiger partial charge in [-0.3, -0.25) is 0 Å². The summed E-state index contributed by atoms with van der Waals surface area (Å²) < 4.78 is 0. The van der Waals surface area contributed by atoms with Gasteiger partial charge in [0, 0.05) is 0 Å². The molecule has 0 bridgehead atoms. The van der Waals surface area contributed by atoms with Crippen molar-refractivity contribution < 1.29 is 0 Å². The summed E-state index contributed by atoms with van der Waals surface area (Å²) in [6.07, 6.45) is 11.5. The molecule has 38 heavy (non-hydrogen) atoms. The van der Waals surface area contributed by atoms with Crippen molar-refractivity contribution in [3.63, 3.8) is 0 Å². The van der Waals surface area contributed by atoms with E-state index in [4.69, 9.17) is 0 Å². The highest BCUT2D eigenvalue weighted by Crippen LogP contribution is 2.50. The molecular formula is C38H38. The molecule has 0 radical (unpaired) electrons. The largest absolute Gasteiger partial charge is 0.0795 e. The van der Waals surface area contributed by atoms with Crippen LogP contribution in [0.2, 0.25) is 0 Å². The zero-order valence-corrected chi connectivity index (χ0v) is 24.7. The van der Waals surface area contributed by atoms with E-state index in [0.29, 0.717) is 0 Å². The average molecular weight is 495 g/mol. The molecule has 5 aromatic carbocycles. The van der Waals surface area contributed by atoms with Gasteiger partial charge in [-0.1, -0.05) is 24.3 Å². The molecule has 0 heteroatoms. The van der Waals surface area contributed by atoms with Crippen LogP contribution in [0, 0.1) is 69.2 Å². The van der Waals surface area contributed by atoms with Gasteiger partial charge >= 0.3 is 0 Å². The van der Waals surface area contributed by atoms with Crippen LogP contribution in [0.15, 0.2) is 12.2 Å². The van der Waals surface area contributed by atoms with Crippen molar-refractivity contribution >= 4 is 55.2 Å². The van der Waals surface area contributed by atoms with Gasteiger partial charge < -0.3 is 0 Å². The molecule has 0 aliphatic heterocycles. The molecule has 0 saturated heterocycles. The van der Waals surface area contributed by atoms with Crippen LogP contribution in [0.25, 0.3) is 55.2 Å². The normalized spacial score (nSPS) is 14.2. The molecule has 2 aliphatic carbocycles. The Morgan fingerprint density at radius 1 is 0.316 bits per heavy atom. The van der Waals surface area contributed by atoms with Gasteiger partial charge in [0.1, 0.15) is 0 Å². The Bertz CT molecular complexity index is 1890. The van der Waals surface area contributed by atoms with Crippen LogP contribution >= 0.6 is 0 Å². The van der Waals surface area contributed by atoms with E-state index in [1.807, 2.05) is 0 Å². The highest BCUT2D eigenvalue weighted by molar-refractivity contribution is 6.29. The summed E-state index contributed by atoms with van der Waals surface area (Å²) in [4.78, 5) is 0. The lowest BCUT2D eigenvalue weighted by atomic mass is 9.77. The Labute approximate surface area is 227 Å². The fraction of sp³-hybridized carbons (Fsp3) is 0.316. The minimum Gasteiger partial charge on any atom is -0.0795 e.